The quantitative estimate of drug-likeness (QED) is 0.445. The number of nitrogens with one attached hydrogen (secondary N) is 1. The fourth-order valence-electron chi connectivity index (χ4n) is 3.27. The monoisotopic (exact) mass is 547 g/mol. The smallest absolute Gasteiger partial charge is 0.243 e. The van der Waals surface area contributed by atoms with Gasteiger partial charge in [0.1, 0.15) is 6.04 Å². The van der Waals surface area contributed by atoms with Crippen LogP contribution in [-0.4, -0.2) is 55.6 Å². The van der Waals surface area contributed by atoms with Crippen molar-refractivity contribution in [1.82, 2.24) is 14.5 Å². The number of rotatable bonds is 11. The third kappa shape index (κ3) is 7.33. The summed E-state index contributed by atoms with van der Waals surface area (Å²) >= 11 is 18.2. The highest BCUT2D eigenvalue weighted by molar-refractivity contribution is 7.89. The van der Waals surface area contributed by atoms with Crippen LogP contribution in [0.2, 0.25) is 15.1 Å². The molecule has 2 aromatic carbocycles. The van der Waals surface area contributed by atoms with Gasteiger partial charge in [0.05, 0.1) is 11.4 Å². The number of nitrogens with zero attached hydrogens (tertiary/aromatic N) is 2. The minimum atomic E-state index is -3.95. The van der Waals surface area contributed by atoms with E-state index in [1.54, 1.807) is 25.1 Å². The maximum absolute atomic E-state index is 13.4. The number of benzene rings is 2. The molecule has 0 heterocycles. The van der Waals surface area contributed by atoms with Crippen LogP contribution in [0.3, 0.4) is 0 Å². The second-order valence-electron chi connectivity index (χ2n) is 7.69. The number of carbonyl (C=O) groups excluding carboxylic acids is 2. The molecule has 186 valence electrons. The summed E-state index contributed by atoms with van der Waals surface area (Å²) in [5.74, 6) is -0.851. The molecule has 11 heteroatoms. The van der Waals surface area contributed by atoms with Gasteiger partial charge in [-0.2, -0.15) is 4.31 Å². The van der Waals surface area contributed by atoms with Crippen LogP contribution in [-0.2, 0) is 26.2 Å². The van der Waals surface area contributed by atoms with Gasteiger partial charge < -0.3 is 10.2 Å². The lowest BCUT2D eigenvalue weighted by Gasteiger charge is -2.32. The van der Waals surface area contributed by atoms with Crippen molar-refractivity contribution in [2.75, 3.05) is 20.1 Å². The molecule has 0 aliphatic carbocycles. The van der Waals surface area contributed by atoms with Gasteiger partial charge in [0, 0.05) is 35.2 Å². The molecule has 0 aliphatic rings. The van der Waals surface area contributed by atoms with E-state index in [9.17, 15) is 18.0 Å². The van der Waals surface area contributed by atoms with Crippen LogP contribution in [0.25, 0.3) is 0 Å². The van der Waals surface area contributed by atoms with Crippen LogP contribution < -0.4 is 5.32 Å². The van der Waals surface area contributed by atoms with Crippen LogP contribution in [0, 0.1) is 0 Å². The topological polar surface area (TPSA) is 86.8 Å². The summed E-state index contributed by atoms with van der Waals surface area (Å²) in [6.07, 6.45) is 1.07. The van der Waals surface area contributed by atoms with Gasteiger partial charge in [-0.25, -0.2) is 8.42 Å². The van der Waals surface area contributed by atoms with Gasteiger partial charge in [0.25, 0.3) is 0 Å². The first kappa shape index (κ1) is 28.4. The minimum Gasteiger partial charge on any atom is -0.354 e. The van der Waals surface area contributed by atoms with E-state index in [0.29, 0.717) is 33.6 Å². The van der Waals surface area contributed by atoms with Crippen molar-refractivity contribution in [3.8, 4) is 0 Å². The summed E-state index contributed by atoms with van der Waals surface area (Å²) < 4.78 is 26.9. The lowest BCUT2D eigenvalue weighted by Crippen LogP contribution is -2.51. The number of likely N-dealkylation sites (N-methyl/N-ethyl adjacent to an activating group) is 1. The second kappa shape index (κ2) is 12.7. The fraction of sp³-hybridized carbons (Fsp3) is 0.391. The van der Waals surface area contributed by atoms with Gasteiger partial charge >= 0.3 is 0 Å². The van der Waals surface area contributed by atoms with Crippen molar-refractivity contribution in [3.05, 3.63) is 63.1 Å². The standard InChI is InChI=1S/C23H28Cl3N3O4S/c1-4-12-27-23(31)21(5-2)29(14-16-6-7-18(25)13-20(16)26)22(30)15-28(3)34(32,33)19-10-8-17(24)9-11-19/h6-11,13,21H,4-5,12,14-15H2,1-3H3,(H,27,31)/t21-/m0/s1. The van der Waals surface area contributed by atoms with Crippen LogP contribution in [0.15, 0.2) is 47.4 Å². The van der Waals surface area contributed by atoms with E-state index in [2.05, 4.69) is 5.32 Å². The number of sulfonamides is 1. The Morgan fingerprint density at radius 2 is 1.62 bits per heavy atom. The Bertz CT molecular complexity index is 1110. The van der Waals surface area contributed by atoms with E-state index >= 15 is 0 Å². The summed E-state index contributed by atoms with van der Waals surface area (Å²) in [5.41, 5.74) is 0.587. The Morgan fingerprint density at radius 1 is 1.00 bits per heavy atom. The average molecular weight is 549 g/mol. The largest absolute Gasteiger partial charge is 0.354 e. The van der Waals surface area contributed by atoms with Crippen LogP contribution in [0.1, 0.15) is 32.3 Å². The molecule has 34 heavy (non-hydrogen) atoms. The Hall–Kier alpha value is -1.84. The van der Waals surface area contributed by atoms with Gasteiger partial charge in [-0.3, -0.25) is 9.59 Å². The van der Waals surface area contributed by atoms with Gasteiger partial charge in [0.2, 0.25) is 21.8 Å². The molecule has 0 radical (unpaired) electrons. The molecule has 2 rings (SSSR count). The third-order valence-electron chi connectivity index (χ3n) is 5.17. The van der Waals surface area contributed by atoms with Crippen LogP contribution in [0.4, 0.5) is 0 Å². The summed E-state index contributed by atoms with van der Waals surface area (Å²) in [6, 6.07) is 9.73. The predicted molar refractivity (Wildman–Crippen MR) is 136 cm³/mol. The molecule has 0 bridgehead atoms. The van der Waals surface area contributed by atoms with Crippen molar-refractivity contribution in [1.29, 1.82) is 0 Å². The summed E-state index contributed by atoms with van der Waals surface area (Å²) in [4.78, 5) is 27.6. The van der Waals surface area contributed by atoms with E-state index in [1.807, 2.05) is 6.92 Å². The Morgan fingerprint density at radius 3 is 2.18 bits per heavy atom. The zero-order valence-corrected chi connectivity index (χ0v) is 22.3. The molecule has 0 fully saturated rings. The average Bonchev–Trinajstić information content (AvgIpc) is 2.79. The molecule has 0 aliphatic heterocycles. The Balaban J connectivity index is 2.34. The molecule has 1 N–H and O–H groups in total. The maximum Gasteiger partial charge on any atom is 0.243 e. The Labute approximate surface area is 216 Å². The summed E-state index contributed by atoms with van der Waals surface area (Å²) in [6.45, 7) is 3.72. The van der Waals surface area contributed by atoms with E-state index in [1.165, 1.54) is 36.2 Å². The molecule has 1 atom stereocenters. The van der Waals surface area contributed by atoms with Gasteiger partial charge in [-0.15, -0.1) is 0 Å². The lowest BCUT2D eigenvalue weighted by atomic mass is 10.1. The highest BCUT2D eigenvalue weighted by Gasteiger charge is 2.32. The molecule has 0 aromatic heterocycles. The second-order valence-corrected chi connectivity index (χ2v) is 11.0. The van der Waals surface area contributed by atoms with Gasteiger partial charge in [0.15, 0.2) is 0 Å². The zero-order valence-electron chi connectivity index (χ0n) is 19.2. The molecular weight excluding hydrogens is 521 g/mol. The Kier molecular flexibility index (Phi) is 10.6. The third-order valence-corrected chi connectivity index (χ3v) is 7.83. The van der Waals surface area contributed by atoms with Crippen molar-refractivity contribution in [3.63, 3.8) is 0 Å². The predicted octanol–water partition coefficient (Wildman–Crippen LogP) is 4.60. The molecule has 0 saturated heterocycles. The highest BCUT2D eigenvalue weighted by atomic mass is 35.5. The van der Waals surface area contributed by atoms with Gasteiger partial charge in [-0.1, -0.05) is 54.7 Å². The number of hydrogen-bond acceptors (Lipinski definition) is 4. The first-order valence-electron chi connectivity index (χ1n) is 10.7. The fourth-order valence-corrected chi connectivity index (χ4v) is 4.99. The molecule has 2 amide bonds. The normalized spacial score (nSPS) is 12.4. The van der Waals surface area contributed by atoms with Crippen molar-refractivity contribution >= 4 is 56.6 Å². The first-order chi connectivity index (χ1) is 16.0. The SMILES string of the molecule is CCCNC(=O)[C@H](CC)N(Cc1ccc(Cl)cc1Cl)C(=O)CN(C)S(=O)(=O)c1ccc(Cl)cc1. The lowest BCUT2D eigenvalue weighted by molar-refractivity contribution is -0.141. The molecule has 0 saturated carbocycles. The van der Waals surface area contributed by atoms with E-state index in [4.69, 9.17) is 34.8 Å². The van der Waals surface area contributed by atoms with Gasteiger partial charge in [-0.05, 0) is 54.8 Å². The molecular formula is C23H28Cl3N3O4S. The molecule has 2 aromatic rings. The zero-order chi connectivity index (χ0) is 25.5. The highest BCUT2D eigenvalue weighted by Crippen LogP contribution is 2.24. The van der Waals surface area contributed by atoms with Crippen LogP contribution in [0.5, 0.6) is 0 Å². The molecule has 7 nitrogen and oxygen atoms in total. The van der Waals surface area contributed by atoms with Crippen molar-refractivity contribution < 1.29 is 18.0 Å². The van der Waals surface area contributed by atoms with E-state index < -0.39 is 28.5 Å². The molecule has 0 spiro atoms. The number of carbonyl (C=O) groups is 2. The molecule has 0 unspecified atom stereocenters. The maximum atomic E-state index is 13.4. The van der Waals surface area contributed by atoms with E-state index in [0.717, 1.165) is 10.7 Å². The van der Waals surface area contributed by atoms with Crippen LogP contribution >= 0.6 is 34.8 Å². The first-order valence-corrected chi connectivity index (χ1v) is 13.3. The summed E-state index contributed by atoms with van der Waals surface area (Å²) in [5, 5.41) is 3.99. The van der Waals surface area contributed by atoms with E-state index in [-0.39, 0.29) is 17.3 Å². The summed E-state index contributed by atoms with van der Waals surface area (Å²) in [7, 11) is -2.64. The van der Waals surface area contributed by atoms with Crippen molar-refractivity contribution in [2.45, 2.75) is 44.2 Å². The minimum absolute atomic E-state index is 0.00669. The number of halogens is 3. The number of amides is 2. The number of hydrogen-bond donors (Lipinski definition) is 1. The van der Waals surface area contributed by atoms with Crippen molar-refractivity contribution in [2.24, 2.45) is 0 Å².